The highest BCUT2D eigenvalue weighted by molar-refractivity contribution is 7.29. The Labute approximate surface area is 400 Å². The monoisotopic (exact) mass is 891 g/mol. The van der Waals surface area contributed by atoms with Crippen LogP contribution < -0.4 is 30.4 Å². The third-order valence-electron chi connectivity index (χ3n) is 15.2. The lowest BCUT2D eigenvalue weighted by Crippen LogP contribution is -2.60. The van der Waals surface area contributed by atoms with Gasteiger partial charge < -0.3 is 19.1 Å². The first-order valence-electron chi connectivity index (χ1n) is 24.1. The van der Waals surface area contributed by atoms with E-state index in [0.29, 0.717) is 0 Å². The van der Waals surface area contributed by atoms with Crippen LogP contribution in [0.4, 0.5) is 51.2 Å². The Hall–Kier alpha value is -6.50. The Kier molecular flexibility index (Phi) is 9.23. The molecule has 9 aromatic rings. The fraction of sp³-hybridized carbons (Fsp3) is 0.246. The largest absolute Gasteiger partial charge is 0.456 e. The van der Waals surface area contributed by atoms with E-state index >= 15 is 0 Å². The summed E-state index contributed by atoms with van der Waals surface area (Å²) in [5.41, 5.74) is 21.8. The summed E-state index contributed by atoms with van der Waals surface area (Å²) in [6, 6.07) is 54.4. The van der Waals surface area contributed by atoms with Crippen LogP contribution in [0.5, 0.6) is 0 Å². The lowest BCUT2D eigenvalue weighted by atomic mass is 9.36. The average molecular weight is 892 g/mol. The van der Waals surface area contributed by atoms with Gasteiger partial charge in [0, 0.05) is 54.6 Å². The second-order valence-corrected chi connectivity index (χ2v) is 22.9. The molecule has 1 aliphatic carbocycles. The molecule has 2 aliphatic heterocycles. The summed E-state index contributed by atoms with van der Waals surface area (Å²) in [6.45, 7) is 23.7. The second-order valence-electron chi connectivity index (χ2n) is 21.8. The van der Waals surface area contributed by atoms with Crippen LogP contribution in [-0.4, -0.2) is 6.71 Å². The summed E-state index contributed by atoms with van der Waals surface area (Å²) in [6.07, 6.45) is 2.28. The van der Waals surface area contributed by atoms with Gasteiger partial charge in [-0.1, -0.05) is 133 Å². The first kappa shape index (κ1) is 41.9. The zero-order chi connectivity index (χ0) is 46.3. The minimum Gasteiger partial charge on any atom is -0.456 e. The highest BCUT2D eigenvalue weighted by Gasteiger charge is 2.51. The second kappa shape index (κ2) is 14.8. The molecule has 0 unspecified atom stereocenters. The van der Waals surface area contributed by atoms with Crippen molar-refractivity contribution in [3.8, 4) is 0 Å². The first-order chi connectivity index (χ1) is 32.1. The quantitative estimate of drug-likeness (QED) is 0.161. The average Bonchev–Trinajstić information content (AvgIpc) is 3.89. The fourth-order valence-corrected chi connectivity index (χ4v) is 13.6. The smallest absolute Gasteiger partial charge is 0.264 e. The molecule has 67 heavy (non-hydrogen) atoms. The molecule has 0 atom stereocenters. The van der Waals surface area contributed by atoms with Crippen LogP contribution in [0.1, 0.15) is 94.0 Å². The van der Waals surface area contributed by atoms with E-state index in [1.165, 1.54) is 82.5 Å². The molecule has 7 aromatic carbocycles. The SMILES string of the molecule is Cc1cc(C)c(N2c3cc4c(cc3B3c5sc6c(c5N(c5ccc(C(C)(C)C)cc5)c5cc(N(c7ccccc7)c7ccccc7)cc2c53)C(C)(C)CCC6(C)C)oc2ccccc24)c(C)c1. The molecule has 0 fully saturated rings. The number of furan rings is 1. The van der Waals surface area contributed by atoms with Crippen molar-refractivity contribution in [2.75, 3.05) is 14.7 Å². The Morgan fingerprint density at radius 1 is 0.582 bits per heavy atom. The molecule has 0 amide bonds. The Bertz CT molecular complexity index is 3380. The third kappa shape index (κ3) is 6.39. The zero-order valence-corrected chi connectivity index (χ0v) is 41.3. The fourth-order valence-electron chi connectivity index (χ4n) is 11.9. The molecule has 4 nitrogen and oxygen atoms in total. The van der Waals surface area contributed by atoms with Gasteiger partial charge in [-0.3, -0.25) is 0 Å². The highest BCUT2D eigenvalue weighted by Crippen LogP contribution is 2.57. The molecule has 12 rings (SSSR count). The van der Waals surface area contributed by atoms with Gasteiger partial charge in [-0.15, -0.1) is 0 Å². The molecule has 3 aliphatic rings. The highest BCUT2D eigenvalue weighted by atomic mass is 32.1. The van der Waals surface area contributed by atoms with E-state index in [-0.39, 0.29) is 23.0 Å². The van der Waals surface area contributed by atoms with Gasteiger partial charge in [0.1, 0.15) is 11.2 Å². The van der Waals surface area contributed by atoms with Crippen molar-refractivity contribution in [1.29, 1.82) is 0 Å². The van der Waals surface area contributed by atoms with Crippen molar-refractivity contribution in [2.24, 2.45) is 0 Å². The third-order valence-corrected chi connectivity index (χ3v) is 16.8. The molecular weight excluding hydrogens is 834 g/mol. The molecule has 6 heteroatoms. The van der Waals surface area contributed by atoms with Crippen LogP contribution in [0.3, 0.4) is 0 Å². The minimum atomic E-state index is -0.0434. The molecule has 332 valence electrons. The minimum absolute atomic E-state index is 0.0190. The van der Waals surface area contributed by atoms with E-state index in [4.69, 9.17) is 4.42 Å². The maximum atomic E-state index is 6.83. The van der Waals surface area contributed by atoms with E-state index in [1.54, 1.807) is 0 Å². The van der Waals surface area contributed by atoms with Gasteiger partial charge in [0.15, 0.2) is 0 Å². The molecule has 0 saturated heterocycles. The van der Waals surface area contributed by atoms with Gasteiger partial charge in [-0.25, -0.2) is 0 Å². The molecule has 0 bridgehead atoms. The van der Waals surface area contributed by atoms with Gasteiger partial charge in [-0.2, -0.15) is 11.3 Å². The van der Waals surface area contributed by atoms with Crippen LogP contribution in [0.25, 0.3) is 21.9 Å². The number of anilines is 9. The number of benzene rings is 7. The van der Waals surface area contributed by atoms with Gasteiger partial charge in [0.05, 0.1) is 17.1 Å². The molecule has 0 N–H and O–H groups in total. The van der Waals surface area contributed by atoms with Crippen molar-refractivity contribution in [3.05, 3.63) is 178 Å². The van der Waals surface area contributed by atoms with Crippen LogP contribution in [0.15, 0.2) is 150 Å². The summed E-state index contributed by atoms with van der Waals surface area (Å²) in [4.78, 5) is 9.29. The first-order valence-corrected chi connectivity index (χ1v) is 24.9. The van der Waals surface area contributed by atoms with E-state index in [0.717, 1.165) is 51.8 Å². The van der Waals surface area contributed by atoms with Crippen LogP contribution in [0, 0.1) is 20.8 Å². The number of para-hydroxylation sites is 3. The summed E-state index contributed by atoms with van der Waals surface area (Å²) in [7, 11) is 0. The molecule has 0 saturated carbocycles. The number of thiophene rings is 1. The maximum Gasteiger partial charge on any atom is 0.264 e. The number of fused-ring (bicyclic) bond motifs is 9. The molecule has 2 aromatic heterocycles. The topological polar surface area (TPSA) is 22.9 Å². The molecule has 0 spiro atoms. The Morgan fingerprint density at radius 3 is 1.82 bits per heavy atom. The number of hydrogen-bond donors (Lipinski definition) is 0. The van der Waals surface area contributed by atoms with E-state index in [2.05, 4.69) is 241 Å². The van der Waals surface area contributed by atoms with Crippen LogP contribution >= 0.6 is 11.3 Å². The van der Waals surface area contributed by atoms with E-state index in [1.807, 2.05) is 0 Å². The van der Waals surface area contributed by atoms with Gasteiger partial charge in [-0.05, 0) is 150 Å². The van der Waals surface area contributed by atoms with Gasteiger partial charge >= 0.3 is 0 Å². The summed E-state index contributed by atoms with van der Waals surface area (Å²) < 4.78 is 8.25. The summed E-state index contributed by atoms with van der Waals surface area (Å²) in [5.74, 6) is 0. The number of nitrogens with zero attached hydrogens (tertiary/aromatic N) is 3. The van der Waals surface area contributed by atoms with Crippen molar-refractivity contribution >= 4 is 107 Å². The predicted molar refractivity (Wildman–Crippen MR) is 288 cm³/mol. The van der Waals surface area contributed by atoms with Crippen LogP contribution in [0.2, 0.25) is 0 Å². The summed E-state index contributed by atoms with van der Waals surface area (Å²) >= 11 is 2.07. The lowest BCUT2D eigenvalue weighted by Gasteiger charge is -2.46. The van der Waals surface area contributed by atoms with Crippen LogP contribution in [-0.2, 0) is 16.2 Å². The maximum absolute atomic E-state index is 6.83. The van der Waals surface area contributed by atoms with Crippen molar-refractivity contribution in [3.63, 3.8) is 0 Å². The zero-order valence-electron chi connectivity index (χ0n) is 40.5. The van der Waals surface area contributed by atoms with E-state index in [9.17, 15) is 0 Å². The van der Waals surface area contributed by atoms with Crippen molar-refractivity contribution < 1.29 is 4.42 Å². The summed E-state index contributed by atoms with van der Waals surface area (Å²) in [5, 5.41) is 2.28. The van der Waals surface area contributed by atoms with Crippen molar-refractivity contribution in [1.82, 2.24) is 0 Å². The van der Waals surface area contributed by atoms with E-state index < -0.39 is 0 Å². The molecule has 0 radical (unpaired) electrons. The van der Waals surface area contributed by atoms with Gasteiger partial charge in [0.25, 0.3) is 6.71 Å². The standard InChI is InChI=1S/C61H58BN3OS/c1-37-31-38(2)55(39(3)32-37)65-48-35-46-45-23-17-18-24-51(45)66-52(46)36-47(48)62-54-49(33-44(34-50(54)65)63(41-19-13-11-14-20-41)42-21-15-12-16-22-42)64(43-27-25-40(26-28-43)59(4,5)6)56-53-57(67-58(56)62)61(9,10)30-29-60(53,7)8/h11-28,31-36H,29-30H2,1-10H3. The Morgan fingerprint density at radius 2 is 1.18 bits per heavy atom. The van der Waals surface area contributed by atoms with Crippen molar-refractivity contribution in [2.45, 2.75) is 98.3 Å². The Balaban J connectivity index is 1.27. The number of hydrogen-bond acceptors (Lipinski definition) is 5. The molecular formula is C61H58BN3OS. The van der Waals surface area contributed by atoms with Gasteiger partial charge in [0.2, 0.25) is 0 Å². The number of aryl methyl sites for hydroxylation is 3. The molecule has 4 heterocycles. The number of rotatable bonds is 5. The normalized spacial score (nSPS) is 15.6. The lowest BCUT2D eigenvalue weighted by molar-refractivity contribution is 0.339. The predicted octanol–water partition coefficient (Wildman–Crippen LogP) is 15.8.